The Morgan fingerprint density at radius 3 is 1.75 bits per heavy atom. The van der Waals surface area contributed by atoms with Gasteiger partial charge < -0.3 is 4.74 Å². The van der Waals surface area contributed by atoms with E-state index in [-0.39, 0.29) is 16.7 Å². The van der Waals surface area contributed by atoms with Crippen LogP contribution in [0, 0.1) is 6.92 Å². The molecule has 0 saturated carbocycles. The van der Waals surface area contributed by atoms with Crippen molar-refractivity contribution in [3.05, 3.63) is 42.0 Å². The van der Waals surface area contributed by atoms with Gasteiger partial charge in [-0.1, -0.05) is 25.5 Å². The van der Waals surface area contributed by atoms with Gasteiger partial charge >= 0.3 is 10.2 Å². The molecule has 0 radical (unpaired) electrons. The van der Waals surface area contributed by atoms with Crippen LogP contribution in [0.5, 0.6) is 11.5 Å². The molecule has 0 fully saturated rings. The predicted octanol–water partition coefficient (Wildman–Crippen LogP) is 5.25. The van der Waals surface area contributed by atoms with Gasteiger partial charge in [-0.15, -0.1) is 0 Å². The molecule has 0 aliphatic rings. The van der Waals surface area contributed by atoms with E-state index in [1.807, 2.05) is 0 Å². The molecule has 5 nitrogen and oxygen atoms in total. The lowest BCUT2D eigenvalue weighted by Gasteiger charge is -2.41. The zero-order valence-corrected chi connectivity index (χ0v) is 17.1. The summed E-state index contributed by atoms with van der Waals surface area (Å²) in [5.41, 5.74) is 0.489. The molecule has 2 aromatic carbocycles. The number of rotatable bonds is 5. The van der Waals surface area contributed by atoms with E-state index in [1.165, 1.54) is 12.1 Å². The van der Waals surface area contributed by atoms with Crippen molar-refractivity contribution >= 4 is 29.9 Å². The highest BCUT2D eigenvalue weighted by Gasteiger charge is 2.67. The van der Waals surface area contributed by atoms with Crippen molar-refractivity contribution in [3.8, 4) is 11.5 Å². The minimum Gasteiger partial charge on any atom is -0.456 e. The van der Waals surface area contributed by atoms with Gasteiger partial charge in [0.05, 0.1) is 4.90 Å². The Hall–Kier alpha value is -1.86. The van der Waals surface area contributed by atoms with Gasteiger partial charge in [-0.2, -0.15) is 0 Å². The van der Waals surface area contributed by atoms with Crippen LogP contribution in [0.2, 0.25) is 0 Å². The average Bonchev–Trinajstić information content (AvgIpc) is 2.42. The molecule has 158 valence electrons. The summed E-state index contributed by atoms with van der Waals surface area (Å²) in [5.74, 6) is -1.19. The Kier molecular flexibility index (Phi) is 4.67. The van der Waals surface area contributed by atoms with Crippen molar-refractivity contribution in [2.24, 2.45) is 0 Å². The molecule has 28 heavy (non-hydrogen) atoms. The highest BCUT2D eigenvalue weighted by Crippen LogP contribution is 3.02. The second kappa shape index (κ2) is 5.83. The number of hydrogen-bond donors (Lipinski definition) is 0. The summed E-state index contributed by atoms with van der Waals surface area (Å²) in [7, 11) is -18.9. The molecule has 0 aliphatic heterocycles. The Labute approximate surface area is 158 Å². The number of sulfone groups is 2. The fourth-order valence-electron chi connectivity index (χ4n) is 2.29. The van der Waals surface area contributed by atoms with E-state index < -0.39 is 45.4 Å². The third kappa shape index (κ3) is 5.14. The Balaban J connectivity index is 2.75. The Morgan fingerprint density at radius 2 is 1.29 bits per heavy atom. The molecule has 0 aliphatic carbocycles. The zero-order chi connectivity index (χ0) is 21.8. The van der Waals surface area contributed by atoms with Crippen LogP contribution in [0.15, 0.2) is 51.1 Å². The van der Waals surface area contributed by atoms with Crippen molar-refractivity contribution in [1.82, 2.24) is 0 Å². The highest BCUT2D eigenvalue weighted by molar-refractivity contribution is 8.45. The smallest absolute Gasteiger partial charge is 0.311 e. The average molecular weight is 466 g/mol. The third-order valence-corrected chi connectivity index (χ3v) is 7.05. The summed E-state index contributed by atoms with van der Waals surface area (Å²) in [6, 6.07) is 4.69. The number of hydrogen-bond acceptors (Lipinski definition) is 5. The van der Waals surface area contributed by atoms with Crippen molar-refractivity contribution in [2.75, 3.05) is 12.5 Å². The van der Waals surface area contributed by atoms with Gasteiger partial charge in [0, 0.05) is 18.6 Å². The van der Waals surface area contributed by atoms with Crippen LogP contribution >= 0.6 is 10.2 Å². The minimum absolute atomic E-state index is 0.146. The first kappa shape index (κ1) is 22.4. The first-order valence-electron chi connectivity index (χ1n) is 7.25. The van der Waals surface area contributed by atoms with Gasteiger partial charge in [-0.05, 0) is 36.8 Å². The van der Waals surface area contributed by atoms with Crippen LogP contribution in [-0.2, 0) is 19.7 Å². The standard InChI is InChI=1S/C15H15F5O5S3/c1-10-4-6-13(26(2,21)22)12(8-10)25-11-5-7-14(27(3,23)24)15(9-11)28(16,17,18,19)20/h4-9H,1-3H3. The molecule has 0 aromatic heterocycles. The first-order valence-corrected chi connectivity index (χ1v) is 13.0. The molecule has 0 atom stereocenters. The lowest BCUT2D eigenvalue weighted by molar-refractivity contribution is 0.358. The molecule has 0 bridgehead atoms. The molecule has 0 amide bonds. The van der Waals surface area contributed by atoms with E-state index in [0.717, 1.165) is 18.4 Å². The monoisotopic (exact) mass is 466 g/mol. The first-order chi connectivity index (χ1) is 12.2. The maximum atomic E-state index is 13.4. The van der Waals surface area contributed by atoms with E-state index in [9.17, 15) is 36.3 Å². The van der Waals surface area contributed by atoms with Crippen LogP contribution in [0.4, 0.5) is 19.4 Å². The van der Waals surface area contributed by atoms with Gasteiger partial charge in [0.1, 0.15) is 21.3 Å². The second-order valence-corrected chi connectivity index (χ2v) is 12.5. The van der Waals surface area contributed by atoms with Gasteiger partial charge in [0.15, 0.2) is 19.7 Å². The Morgan fingerprint density at radius 1 is 0.786 bits per heavy atom. The fourth-order valence-corrected chi connectivity index (χ4v) is 5.52. The van der Waals surface area contributed by atoms with Crippen molar-refractivity contribution in [2.45, 2.75) is 21.6 Å². The SMILES string of the molecule is Cc1ccc(S(C)(=O)=O)c(Oc2ccc(S(C)(=O)=O)c(S(F)(F)(F)(F)F)c2)c1. The van der Waals surface area contributed by atoms with Gasteiger partial charge in [-0.3, -0.25) is 0 Å². The molecular weight excluding hydrogens is 451 g/mol. The molecule has 2 aromatic rings. The van der Waals surface area contributed by atoms with Crippen molar-refractivity contribution in [1.29, 1.82) is 0 Å². The molecule has 13 heteroatoms. The van der Waals surface area contributed by atoms with E-state index in [1.54, 1.807) is 6.92 Å². The lowest BCUT2D eigenvalue weighted by atomic mass is 10.2. The largest absolute Gasteiger partial charge is 0.456 e. The van der Waals surface area contributed by atoms with Crippen LogP contribution in [-0.4, -0.2) is 29.3 Å². The number of aryl methyl sites for hydroxylation is 1. The maximum absolute atomic E-state index is 13.4. The molecular formula is C15H15F5O5S3. The minimum atomic E-state index is -10.4. The maximum Gasteiger partial charge on any atom is 0.311 e. The van der Waals surface area contributed by atoms with Crippen molar-refractivity contribution < 1.29 is 41.0 Å². The predicted molar refractivity (Wildman–Crippen MR) is 95.3 cm³/mol. The van der Waals surface area contributed by atoms with Crippen LogP contribution < -0.4 is 4.74 Å². The van der Waals surface area contributed by atoms with Gasteiger partial charge in [-0.25, -0.2) is 16.8 Å². The summed E-state index contributed by atoms with van der Waals surface area (Å²) < 4.78 is 119. The van der Waals surface area contributed by atoms with Crippen LogP contribution in [0.1, 0.15) is 5.56 Å². The molecule has 0 heterocycles. The van der Waals surface area contributed by atoms with Crippen LogP contribution in [0.3, 0.4) is 0 Å². The topological polar surface area (TPSA) is 77.5 Å². The van der Waals surface area contributed by atoms with E-state index in [4.69, 9.17) is 4.74 Å². The molecule has 2 rings (SSSR count). The second-order valence-electron chi connectivity index (χ2n) is 6.17. The molecule has 0 N–H and O–H groups in total. The summed E-state index contributed by atoms with van der Waals surface area (Å²) in [5, 5.41) is 0. The van der Waals surface area contributed by atoms with Crippen LogP contribution in [0.25, 0.3) is 0 Å². The van der Waals surface area contributed by atoms with E-state index in [0.29, 0.717) is 17.9 Å². The summed E-state index contributed by atoms with van der Waals surface area (Å²) in [4.78, 5) is -4.61. The summed E-state index contributed by atoms with van der Waals surface area (Å²) in [6.07, 6.45) is 1.19. The van der Waals surface area contributed by atoms with Crippen molar-refractivity contribution in [3.63, 3.8) is 0 Å². The normalized spacial score (nSPS) is 15.6. The van der Waals surface area contributed by atoms with E-state index in [2.05, 4.69) is 0 Å². The molecule has 0 saturated heterocycles. The zero-order valence-electron chi connectivity index (χ0n) is 14.6. The summed E-state index contributed by atoms with van der Waals surface area (Å²) in [6.45, 7) is 1.55. The number of halogens is 5. The highest BCUT2D eigenvalue weighted by atomic mass is 32.5. The van der Waals surface area contributed by atoms with Gasteiger partial charge in [0.2, 0.25) is 0 Å². The number of benzene rings is 2. The number of ether oxygens (including phenoxy) is 1. The third-order valence-electron chi connectivity index (χ3n) is 3.46. The Bertz CT molecular complexity index is 1170. The molecule has 0 spiro atoms. The summed E-state index contributed by atoms with van der Waals surface area (Å²) >= 11 is 0. The quantitative estimate of drug-likeness (QED) is 0.563. The molecule has 0 unspecified atom stereocenters. The lowest BCUT2D eigenvalue weighted by Crippen LogP contribution is -2.12. The fraction of sp³-hybridized carbons (Fsp3) is 0.200. The van der Waals surface area contributed by atoms with Gasteiger partial charge in [0.25, 0.3) is 0 Å². The van der Waals surface area contributed by atoms with E-state index >= 15 is 0 Å².